The SMILES string of the molecule is COc1cccc(CN2CC3CC(C(=O)NCc4cccnc4)C(C2)O3)c1. The Labute approximate surface area is 159 Å². The van der Waals surface area contributed by atoms with Crippen molar-refractivity contribution in [3.63, 3.8) is 0 Å². The van der Waals surface area contributed by atoms with Crippen LogP contribution in [0.25, 0.3) is 0 Å². The lowest BCUT2D eigenvalue weighted by atomic mass is 9.99. The van der Waals surface area contributed by atoms with Gasteiger partial charge in [0.25, 0.3) is 0 Å². The van der Waals surface area contributed by atoms with Gasteiger partial charge in [-0.15, -0.1) is 0 Å². The van der Waals surface area contributed by atoms with Gasteiger partial charge in [0.2, 0.25) is 5.91 Å². The number of morpholine rings is 1. The van der Waals surface area contributed by atoms with Crippen molar-refractivity contribution in [3.8, 4) is 5.75 Å². The lowest BCUT2D eigenvalue weighted by molar-refractivity contribution is -0.128. The Hall–Kier alpha value is -2.44. The Morgan fingerprint density at radius 2 is 2.19 bits per heavy atom. The van der Waals surface area contributed by atoms with E-state index in [1.807, 2.05) is 24.3 Å². The van der Waals surface area contributed by atoms with E-state index in [0.29, 0.717) is 6.54 Å². The molecule has 2 fully saturated rings. The van der Waals surface area contributed by atoms with E-state index in [2.05, 4.69) is 27.3 Å². The van der Waals surface area contributed by atoms with Crippen LogP contribution in [0.5, 0.6) is 5.75 Å². The van der Waals surface area contributed by atoms with Crippen LogP contribution in [0.4, 0.5) is 0 Å². The second-order valence-electron chi connectivity index (χ2n) is 7.26. The Bertz CT molecular complexity index is 783. The zero-order valence-electron chi connectivity index (χ0n) is 15.5. The molecule has 2 bridgehead atoms. The number of carbonyl (C=O) groups is 1. The number of hydrogen-bond acceptors (Lipinski definition) is 5. The van der Waals surface area contributed by atoms with Crippen molar-refractivity contribution in [1.82, 2.24) is 15.2 Å². The molecule has 1 aromatic heterocycles. The highest BCUT2D eigenvalue weighted by molar-refractivity contribution is 5.79. The number of pyridine rings is 1. The average Bonchev–Trinajstić information content (AvgIpc) is 3.01. The molecule has 0 spiro atoms. The number of nitrogens with one attached hydrogen (secondary N) is 1. The number of benzene rings is 1. The lowest BCUT2D eigenvalue weighted by Gasteiger charge is -2.32. The molecule has 0 radical (unpaired) electrons. The van der Waals surface area contributed by atoms with E-state index in [1.165, 1.54) is 5.56 Å². The molecule has 3 atom stereocenters. The molecule has 2 aromatic rings. The van der Waals surface area contributed by atoms with Crippen molar-refractivity contribution in [2.24, 2.45) is 5.92 Å². The second kappa shape index (κ2) is 8.06. The normalized spacial score (nSPS) is 24.6. The molecule has 1 amide bonds. The monoisotopic (exact) mass is 367 g/mol. The van der Waals surface area contributed by atoms with Gasteiger partial charge in [0, 0.05) is 38.6 Å². The quantitative estimate of drug-likeness (QED) is 0.846. The van der Waals surface area contributed by atoms with Gasteiger partial charge in [0.05, 0.1) is 25.2 Å². The Balaban J connectivity index is 1.33. The van der Waals surface area contributed by atoms with Gasteiger partial charge in [-0.3, -0.25) is 14.7 Å². The first-order chi connectivity index (χ1) is 13.2. The van der Waals surface area contributed by atoms with Crippen LogP contribution in [0, 0.1) is 5.92 Å². The van der Waals surface area contributed by atoms with Crippen LogP contribution in [0.3, 0.4) is 0 Å². The fourth-order valence-electron chi connectivity index (χ4n) is 3.99. The van der Waals surface area contributed by atoms with Crippen LogP contribution in [0.2, 0.25) is 0 Å². The summed E-state index contributed by atoms with van der Waals surface area (Å²) in [5, 5.41) is 3.04. The van der Waals surface area contributed by atoms with E-state index in [9.17, 15) is 4.79 Å². The van der Waals surface area contributed by atoms with Gasteiger partial charge < -0.3 is 14.8 Å². The minimum absolute atomic E-state index is 0.0387. The third-order valence-corrected chi connectivity index (χ3v) is 5.30. The van der Waals surface area contributed by atoms with Crippen molar-refractivity contribution < 1.29 is 14.3 Å². The Kier molecular flexibility index (Phi) is 5.36. The summed E-state index contributed by atoms with van der Waals surface area (Å²) in [6.45, 7) is 2.99. The number of carbonyl (C=O) groups excluding carboxylic acids is 1. The molecule has 4 rings (SSSR count). The summed E-state index contributed by atoms with van der Waals surface area (Å²) >= 11 is 0. The van der Waals surface area contributed by atoms with Crippen molar-refractivity contribution in [3.05, 3.63) is 59.9 Å². The minimum Gasteiger partial charge on any atom is -0.497 e. The van der Waals surface area contributed by atoms with Gasteiger partial charge in [-0.05, 0) is 35.7 Å². The molecule has 0 aliphatic carbocycles. The molecule has 2 aliphatic heterocycles. The van der Waals surface area contributed by atoms with Crippen LogP contribution < -0.4 is 10.1 Å². The highest BCUT2D eigenvalue weighted by Crippen LogP contribution is 2.33. The summed E-state index contributed by atoms with van der Waals surface area (Å²) in [7, 11) is 1.68. The van der Waals surface area contributed by atoms with Crippen molar-refractivity contribution in [2.45, 2.75) is 31.7 Å². The van der Waals surface area contributed by atoms with E-state index in [-0.39, 0.29) is 24.0 Å². The van der Waals surface area contributed by atoms with E-state index in [1.54, 1.807) is 19.5 Å². The standard InChI is InChI=1S/C21H25N3O3/c1-26-17-6-2-4-15(8-17)12-24-13-18-9-19(20(14-24)27-18)21(25)23-11-16-5-3-7-22-10-16/h2-8,10,18-20H,9,11-14H2,1H3,(H,23,25). The maximum Gasteiger partial charge on any atom is 0.226 e. The molecular formula is C21H25N3O3. The molecule has 2 aliphatic rings. The zero-order chi connectivity index (χ0) is 18.6. The first-order valence-electron chi connectivity index (χ1n) is 9.38. The van der Waals surface area contributed by atoms with Crippen LogP contribution in [0.1, 0.15) is 17.5 Å². The number of rotatable bonds is 6. The van der Waals surface area contributed by atoms with Gasteiger partial charge >= 0.3 is 0 Å². The molecule has 27 heavy (non-hydrogen) atoms. The molecule has 1 aromatic carbocycles. The van der Waals surface area contributed by atoms with E-state index < -0.39 is 0 Å². The number of nitrogens with zero attached hydrogens (tertiary/aromatic N) is 2. The Morgan fingerprint density at radius 1 is 1.30 bits per heavy atom. The predicted molar refractivity (Wildman–Crippen MR) is 101 cm³/mol. The molecule has 2 saturated heterocycles. The number of hydrogen-bond donors (Lipinski definition) is 1. The minimum atomic E-state index is -0.0815. The first-order valence-corrected chi connectivity index (χ1v) is 9.38. The van der Waals surface area contributed by atoms with Gasteiger partial charge in [0.15, 0.2) is 0 Å². The first kappa shape index (κ1) is 17.9. The maximum absolute atomic E-state index is 12.7. The summed E-state index contributed by atoms with van der Waals surface area (Å²) in [6.07, 6.45) is 4.39. The Morgan fingerprint density at radius 3 is 3.00 bits per heavy atom. The molecule has 1 N–H and O–H groups in total. The number of methoxy groups -OCH3 is 1. The van der Waals surface area contributed by atoms with Gasteiger partial charge in [0.1, 0.15) is 5.75 Å². The van der Waals surface area contributed by atoms with Crippen molar-refractivity contribution in [2.75, 3.05) is 20.2 Å². The highest BCUT2D eigenvalue weighted by atomic mass is 16.5. The van der Waals surface area contributed by atoms with Gasteiger partial charge in [-0.2, -0.15) is 0 Å². The summed E-state index contributed by atoms with van der Waals surface area (Å²) in [5.74, 6) is 0.868. The topological polar surface area (TPSA) is 63.7 Å². The van der Waals surface area contributed by atoms with E-state index >= 15 is 0 Å². The number of fused-ring (bicyclic) bond motifs is 2. The summed E-state index contributed by atoms with van der Waals surface area (Å²) < 4.78 is 11.4. The van der Waals surface area contributed by atoms with Crippen molar-refractivity contribution in [1.29, 1.82) is 0 Å². The van der Waals surface area contributed by atoms with E-state index in [0.717, 1.165) is 37.4 Å². The molecule has 0 saturated carbocycles. The third-order valence-electron chi connectivity index (χ3n) is 5.30. The summed E-state index contributed by atoms with van der Waals surface area (Å²) in [6, 6.07) is 12.0. The van der Waals surface area contributed by atoms with Gasteiger partial charge in [-0.25, -0.2) is 0 Å². The molecular weight excluding hydrogens is 342 g/mol. The van der Waals surface area contributed by atoms with Crippen LogP contribution in [-0.2, 0) is 22.6 Å². The average molecular weight is 367 g/mol. The predicted octanol–water partition coefficient (Wildman–Crippen LogP) is 2.00. The smallest absolute Gasteiger partial charge is 0.226 e. The molecule has 3 unspecified atom stereocenters. The third kappa shape index (κ3) is 4.28. The largest absolute Gasteiger partial charge is 0.497 e. The van der Waals surface area contributed by atoms with Crippen LogP contribution >= 0.6 is 0 Å². The number of ether oxygens (including phenoxy) is 2. The summed E-state index contributed by atoms with van der Waals surface area (Å²) in [5.41, 5.74) is 2.22. The van der Waals surface area contributed by atoms with Crippen LogP contribution in [0.15, 0.2) is 48.8 Å². The fourth-order valence-corrected chi connectivity index (χ4v) is 3.99. The number of likely N-dealkylation sites (tertiary alicyclic amines) is 1. The van der Waals surface area contributed by atoms with E-state index in [4.69, 9.17) is 9.47 Å². The number of amides is 1. The molecule has 6 nitrogen and oxygen atoms in total. The molecule has 3 heterocycles. The van der Waals surface area contributed by atoms with Gasteiger partial charge in [-0.1, -0.05) is 18.2 Å². The lowest BCUT2D eigenvalue weighted by Crippen LogP contribution is -2.44. The fraction of sp³-hybridized carbons (Fsp3) is 0.429. The van der Waals surface area contributed by atoms with Crippen LogP contribution in [-0.4, -0.2) is 48.2 Å². The van der Waals surface area contributed by atoms with Crippen molar-refractivity contribution >= 4 is 5.91 Å². The maximum atomic E-state index is 12.7. The number of aromatic nitrogens is 1. The molecule has 142 valence electrons. The highest BCUT2D eigenvalue weighted by Gasteiger charge is 2.44. The second-order valence-corrected chi connectivity index (χ2v) is 7.26. The zero-order valence-corrected chi connectivity index (χ0v) is 15.5. The summed E-state index contributed by atoms with van der Waals surface area (Å²) in [4.78, 5) is 19.1. The molecule has 6 heteroatoms.